The second-order valence-electron chi connectivity index (χ2n) is 5.51. The molecule has 2 atom stereocenters. The molecule has 2 unspecified atom stereocenters. The van der Waals surface area contributed by atoms with Crippen molar-refractivity contribution in [2.75, 3.05) is 11.9 Å². The molecule has 114 valence electrons. The lowest BCUT2D eigenvalue weighted by Gasteiger charge is -2.18. The van der Waals surface area contributed by atoms with Crippen LogP contribution in [0.3, 0.4) is 0 Å². The van der Waals surface area contributed by atoms with Crippen molar-refractivity contribution in [3.8, 4) is 0 Å². The number of amides is 1. The Kier molecular flexibility index (Phi) is 4.77. The van der Waals surface area contributed by atoms with E-state index < -0.39 is 4.92 Å². The van der Waals surface area contributed by atoms with Crippen molar-refractivity contribution in [2.24, 2.45) is 5.92 Å². The van der Waals surface area contributed by atoms with E-state index >= 15 is 0 Å². The third-order valence-corrected chi connectivity index (χ3v) is 4.00. The summed E-state index contributed by atoms with van der Waals surface area (Å²) in [5.41, 5.74) is 0.901. The lowest BCUT2D eigenvalue weighted by atomic mass is 10.1. The van der Waals surface area contributed by atoms with Crippen molar-refractivity contribution in [2.45, 2.75) is 39.2 Å². The first-order valence-corrected chi connectivity index (χ1v) is 7.36. The number of hydrogen-bond donors (Lipinski definition) is 2. The van der Waals surface area contributed by atoms with Crippen molar-refractivity contribution >= 4 is 17.3 Å². The molecule has 0 aromatic heterocycles. The van der Waals surface area contributed by atoms with Gasteiger partial charge in [0.2, 0.25) is 0 Å². The zero-order chi connectivity index (χ0) is 15.4. The number of non-ortho nitro benzene ring substituents is 1. The zero-order valence-corrected chi connectivity index (χ0v) is 12.4. The first-order valence-electron chi connectivity index (χ1n) is 7.36. The number of nitro groups is 1. The lowest BCUT2D eigenvalue weighted by Crippen LogP contribution is -2.36. The quantitative estimate of drug-likeness (QED) is 0.645. The van der Waals surface area contributed by atoms with Gasteiger partial charge >= 0.3 is 0 Å². The Morgan fingerprint density at radius 2 is 2.19 bits per heavy atom. The fourth-order valence-corrected chi connectivity index (χ4v) is 2.78. The van der Waals surface area contributed by atoms with Crippen LogP contribution in [0.25, 0.3) is 0 Å². The van der Waals surface area contributed by atoms with Gasteiger partial charge in [-0.3, -0.25) is 14.9 Å². The molecule has 0 aliphatic heterocycles. The van der Waals surface area contributed by atoms with Gasteiger partial charge < -0.3 is 10.6 Å². The minimum atomic E-state index is -0.481. The van der Waals surface area contributed by atoms with E-state index in [9.17, 15) is 14.9 Å². The summed E-state index contributed by atoms with van der Waals surface area (Å²) in [5.74, 6) is 0.212. The third-order valence-electron chi connectivity index (χ3n) is 4.00. The van der Waals surface area contributed by atoms with E-state index in [1.54, 1.807) is 6.07 Å². The van der Waals surface area contributed by atoms with Crippen LogP contribution in [0.5, 0.6) is 0 Å². The van der Waals surface area contributed by atoms with Gasteiger partial charge in [0.15, 0.2) is 0 Å². The number of nitrogens with zero attached hydrogens (tertiary/aromatic N) is 1. The summed E-state index contributed by atoms with van der Waals surface area (Å²) in [6, 6.07) is 4.50. The molecule has 0 radical (unpaired) electrons. The molecule has 0 heterocycles. The standard InChI is InChI=1S/C15H21N3O3/c1-3-16-14-8-7-11(18(20)21)9-12(14)15(19)17-13-6-4-5-10(13)2/h7-10,13,16H,3-6H2,1-2H3,(H,17,19). The molecule has 6 nitrogen and oxygen atoms in total. The summed E-state index contributed by atoms with van der Waals surface area (Å²) in [5, 5.41) is 17.0. The summed E-state index contributed by atoms with van der Waals surface area (Å²) in [6.45, 7) is 4.69. The van der Waals surface area contributed by atoms with Crippen molar-refractivity contribution in [1.82, 2.24) is 5.32 Å². The first-order chi connectivity index (χ1) is 10.0. The second kappa shape index (κ2) is 6.56. The molecule has 1 saturated carbocycles. The molecule has 0 saturated heterocycles. The van der Waals surface area contributed by atoms with Gasteiger partial charge in [-0.15, -0.1) is 0 Å². The van der Waals surface area contributed by atoms with Gasteiger partial charge in [0, 0.05) is 30.4 Å². The van der Waals surface area contributed by atoms with Crippen LogP contribution in [0, 0.1) is 16.0 Å². The minimum absolute atomic E-state index is 0.0683. The second-order valence-corrected chi connectivity index (χ2v) is 5.51. The Morgan fingerprint density at radius 3 is 2.76 bits per heavy atom. The average Bonchev–Trinajstić information content (AvgIpc) is 2.84. The number of benzene rings is 1. The summed E-state index contributed by atoms with van der Waals surface area (Å²) in [4.78, 5) is 22.9. The fourth-order valence-electron chi connectivity index (χ4n) is 2.78. The summed E-state index contributed by atoms with van der Waals surface area (Å²) < 4.78 is 0. The molecular weight excluding hydrogens is 270 g/mol. The SMILES string of the molecule is CCNc1ccc([N+](=O)[O-])cc1C(=O)NC1CCCC1C. The third kappa shape index (κ3) is 3.51. The molecular formula is C15H21N3O3. The van der Waals surface area contributed by atoms with E-state index in [1.807, 2.05) is 6.92 Å². The highest BCUT2D eigenvalue weighted by molar-refractivity contribution is 6.00. The summed E-state index contributed by atoms with van der Waals surface area (Å²) >= 11 is 0. The highest BCUT2D eigenvalue weighted by Gasteiger charge is 2.26. The van der Waals surface area contributed by atoms with Gasteiger partial charge in [0.05, 0.1) is 10.5 Å². The van der Waals surface area contributed by atoms with Crippen molar-refractivity contribution in [1.29, 1.82) is 0 Å². The van der Waals surface area contributed by atoms with E-state index in [2.05, 4.69) is 17.6 Å². The van der Waals surface area contributed by atoms with Crippen LogP contribution in [-0.2, 0) is 0 Å². The smallest absolute Gasteiger partial charge is 0.270 e. The summed E-state index contributed by atoms with van der Waals surface area (Å²) in [6.07, 6.45) is 3.19. The van der Waals surface area contributed by atoms with Gasteiger partial charge in [0.1, 0.15) is 0 Å². The number of carbonyl (C=O) groups excluding carboxylic acids is 1. The van der Waals surface area contributed by atoms with Crippen LogP contribution in [0.4, 0.5) is 11.4 Å². The van der Waals surface area contributed by atoms with Crippen LogP contribution in [0.1, 0.15) is 43.5 Å². The number of nitro benzene ring substituents is 1. The van der Waals surface area contributed by atoms with E-state index in [4.69, 9.17) is 0 Å². The molecule has 1 aliphatic carbocycles. The molecule has 1 aliphatic rings. The van der Waals surface area contributed by atoms with Crippen LogP contribution >= 0.6 is 0 Å². The lowest BCUT2D eigenvalue weighted by molar-refractivity contribution is -0.384. The Bertz CT molecular complexity index is 545. The largest absolute Gasteiger partial charge is 0.385 e. The van der Waals surface area contributed by atoms with Gasteiger partial charge in [-0.1, -0.05) is 13.3 Å². The van der Waals surface area contributed by atoms with E-state index in [0.717, 1.165) is 19.3 Å². The monoisotopic (exact) mass is 291 g/mol. The van der Waals surface area contributed by atoms with Crippen molar-refractivity contribution < 1.29 is 9.72 Å². The molecule has 6 heteroatoms. The molecule has 1 aromatic rings. The maximum absolute atomic E-state index is 12.4. The molecule has 1 fully saturated rings. The highest BCUT2D eigenvalue weighted by atomic mass is 16.6. The summed E-state index contributed by atoms with van der Waals surface area (Å²) in [7, 11) is 0. The number of carbonyl (C=O) groups is 1. The Balaban J connectivity index is 2.24. The van der Waals surface area contributed by atoms with Crippen LogP contribution in [0.15, 0.2) is 18.2 Å². The number of rotatable bonds is 5. The Morgan fingerprint density at radius 1 is 1.43 bits per heavy atom. The number of nitrogens with one attached hydrogen (secondary N) is 2. The normalized spacial score (nSPS) is 21.0. The molecule has 21 heavy (non-hydrogen) atoms. The van der Waals surface area contributed by atoms with E-state index in [0.29, 0.717) is 23.7 Å². The average molecular weight is 291 g/mol. The maximum Gasteiger partial charge on any atom is 0.270 e. The number of hydrogen-bond acceptors (Lipinski definition) is 4. The van der Waals surface area contributed by atoms with Gasteiger partial charge in [-0.05, 0) is 31.7 Å². The zero-order valence-electron chi connectivity index (χ0n) is 12.4. The van der Waals surface area contributed by atoms with Crippen LogP contribution in [0.2, 0.25) is 0 Å². The van der Waals surface area contributed by atoms with Crippen LogP contribution in [-0.4, -0.2) is 23.4 Å². The Labute approximate surface area is 124 Å². The van der Waals surface area contributed by atoms with Crippen LogP contribution < -0.4 is 10.6 Å². The molecule has 0 spiro atoms. The van der Waals surface area contributed by atoms with E-state index in [1.165, 1.54) is 12.1 Å². The van der Waals surface area contributed by atoms with Crippen molar-refractivity contribution in [3.63, 3.8) is 0 Å². The van der Waals surface area contributed by atoms with Crippen molar-refractivity contribution in [3.05, 3.63) is 33.9 Å². The molecule has 1 aromatic carbocycles. The number of anilines is 1. The predicted octanol–water partition coefficient (Wildman–Crippen LogP) is 2.95. The molecule has 2 N–H and O–H groups in total. The maximum atomic E-state index is 12.4. The predicted molar refractivity (Wildman–Crippen MR) is 81.5 cm³/mol. The molecule has 0 bridgehead atoms. The minimum Gasteiger partial charge on any atom is -0.385 e. The Hall–Kier alpha value is -2.11. The van der Waals surface area contributed by atoms with E-state index in [-0.39, 0.29) is 17.6 Å². The first kappa shape index (κ1) is 15.3. The highest BCUT2D eigenvalue weighted by Crippen LogP contribution is 2.27. The van der Waals surface area contributed by atoms with Gasteiger partial charge in [-0.25, -0.2) is 0 Å². The van der Waals surface area contributed by atoms with Gasteiger partial charge in [0.25, 0.3) is 11.6 Å². The van der Waals surface area contributed by atoms with Gasteiger partial charge in [-0.2, -0.15) is 0 Å². The fraction of sp³-hybridized carbons (Fsp3) is 0.533. The molecule has 2 rings (SSSR count). The topological polar surface area (TPSA) is 84.3 Å². The molecule has 1 amide bonds.